The maximum absolute atomic E-state index is 5.12. The first kappa shape index (κ1) is 12.1. The molecular weight excluding hydrogens is 190 g/mol. The fourth-order valence-corrected chi connectivity index (χ4v) is 0.341. The van der Waals surface area contributed by atoms with Crippen molar-refractivity contribution in [3.8, 4) is 0 Å². The second-order valence-electron chi connectivity index (χ2n) is 1.22. The molecule has 0 aliphatic heterocycles. The molecule has 0 aliphatic carbocycles. The quantitative estimate of drug-likeness (QED) is 0.431. The van der Waals surface area contributed by atoms with Crippen LogP contribution in [0.5, 0.6) is 0 Å². The minimum atomic E-state index is 0. The maximum Gasteiger partial charge on any atom is 0.114 e. The summed E-state index contributed by atoms with van der Waals surface area (Å²) in [6.07, 6.45) is 2.36. The molecule has 0 N–H and O–H groups in total. The molecule has 0 unspecified atom stereocenters. The second kappa shape index (κ2) is 5.19. The summed E-state index contributed by atoms with van der Waals surface area (Å²) in [5, 5.41) is 0. The van der Waals surface area contributed by atoms with Gasteiger partial charge in [0.25, 0.3) is 0 Å². The smallest absolute Gasteiger partial charge is 0.114 e. The summed E-state index contributed by atoms with van der Waals surface area (Å²) in [5.41, 5.74) is 0.317. The van der Waals surface area contributed by atoms with Gasteiger partial charge in [0.15, 0.2) is 0 Å². The fourth-order valence-electron chi connectivity index (χ4n) is 0.341. The van der Waals surface area contributed by atoms with E-state index in [4.69, 9.17) is 7.85 Å². The van der Waals surface area contributed by atoms with Crippen LogP contribution < -0.4 is 5.59 Å². The third-order valence-electron chi connectivity index (χ3n) is 0.581. The summed E-state index contributed by atoms with van der Waals surface area (Å²) >= 11 is 0. The van der Waals surface area contributed by atoms with Gasteiger partial charge >= 0.3 is 0 Å². The summed E-state index contributed by atoms with van der Waals surface area (Å²) in [6.45, 7) is 1.72. The number of aromatic nitrogens is 1. The average Bonchev–Trinajstić information content (AvgIpc) is 1.87. The van der Waals surface area contributed by atoms with Gasteiger partial charge in [0.2, 0.25) is 0 Å². The summed E-state index contributed by atoms with van der Waals surface area (Å²) in [5.74, 6) is 0.553. The molecule has 0 amide bonds. The zero-order chi connectivity index (χ0) is 5.28. The summed E-state index contributed by atoms with van der Waals surface area (Å²) in [7, 11) is 5.12. The van der Waals surface area contributed by atoms with Crippen molar-refractivity contribution in [1.29, 1.82) is 0 Å². The van der Waals surface area contributed by atoms with Crippen LogP contribution in [0.25, 0.3) is 0 Å². The van der Waals surface area contributed by atoms with Crippen molar-refractivity contribution >= 4 is 13.4 Å². The fraction of sp³-hybridized carbons (Fsp3) is 0.200. The minimum Gasteiger partial charge on any atom is -0.631 e. The third-order valence-corrected chi connectivity index (χ3v) is 0.581. The van der Waals surface area contributed by atoms with Gasteiger partial charge < -0.3 is 16.8 Å². The Morgan fingerprint density at radius 1 is 1.67 bits per heavy atom. The largest absolute Gasteiger partial charge is 0.631 e. The van der Waals surface area contributed by atoms with Crippen molar-refractivity contribution in [2.45, 2.75) is 6.92 Å². The summed E-state index contributed by atoms with van der Waals surface area (Å²) in [4.78, 5) is 3.67. The molecular formula is C5H6BNOY-2. The summed E-state index contributed by atoms with van der Waals surface area (Å²) < 4.78 is 4.60. The molecule has 0 bridgehead atoms. The summed E-state index contributed by atoms with van der Waals surface area (Å²) in [6, 6.07) is 0. The van der Waals surface area contributed by atoms with Gasteiger partial charge in [0, 0.05) is 38.6 Å². The number of oxazole rings is 1. The van der Waals surface area contributed by atoms with E-state index in [2.05, 4.69) is 15.7 Å². The number of aryl methyl sites for hydroxylation is 1. The standard InChI is InChI=1S/C4H3BNO.CH3.Y/c1-3-6-4(5)2-7-3;;/h1H3;1H3;/q2*-1;. The number of nitrogens with zero attached hydrogens (tertiary/aromatic N) is 1. The van der Waals surface area contributed by atoms with Crippen LogP contribution in [-0.4, -0.2) is 12.8 Å². The molecule has 9 heavy (non-hydrogen) atoms. The van der Waals surface area contributed by atoms with Crippen LogP contribution in [0.1, 0.15) is 5.89 Å². The first-order valence-electron chi connectivity index (χ1n) is 1.89. The van der Waals surface area contributed by atoms with Gasteiger partial charge in [-0.1, -0.05) is 18.8 Å². The van der Waals surface area contributed by atoms with Crippen LogP contribution >= 0.6 is 0 Å². The monoisotopic (exact) mass is 196 g/mol. The molecule has 0 fully saturated rings. The van der Waals surface area contributed by atoms with Gasteiger partial charge in [-0.25, -0.2) is 0 Å². The minimum absolute atomic E-state index is 0. The molecule has 1 rings (SSSR count). The van der Waals surface area contributed by atoms with E-state index in [9.17, 15) is 0 Å². The van der Waals surface area contributed by atoms with Gasteiger partial charge in [-0.15, -0.1) is 0 Å². The zero-order valence-electron chi connectivity index (χ0n) is 5.51. The SMILES string of the molecule is [B]c1[c-]oc(C)n1.[CH3-].[Y]. The van der Waals surface area contributed by atoms with Crippen LogP contribution in [0.2, 0.25) is 0 Å². The molecule has 0 spiro atoms. The van der Waals surface area contributed by atoms with Gasteiger partial charge in [0.05, 0.1) is 0 Å². The topological polar surface area (TPSA) is 26.0 Å². The van der Waals surface area contributed by atoms with E-state index in [1.54, 1.807) is 6.92 Å². The van der Waals surface area contributed by atoms with Crippen LogP contribution in [0, 0.1) is 20.6 Å². The Labute approximate surface area is 81.7 Å². The van der Waals surface area contributed by atoms with Crippen molar-refractivity contribution in [3.63, 3.8) is 0 Å². The molecule has 0 atom stereocenters. The Morgan fingerprint density at radius 3 is 2.33 bits per heavy atom. The maximum atomic E-state index is 5.12. The molecule has 3 radical (unpaired) electrons. The van der Waals surface area contributed by atoms with Gasteiger partial charge in [-0.05, 0) is 0 Å². The van der Waals surface area contributed by atoms with Crippen LogP contribution in [0.4, 0.5) is 0 Å². The van der Waals surface area contributed by atoms with E-state index >= 15 is 0 Å². The van der Waals surface area contributed by atoms with E-state index in [1.165, 1.54) is 0 Å². The van der Waals surface area contributed by atoms with E-state index < -0.39 is 0 Å². The predicted octanol–water partition coefficient (Wildman–Crippen LogP) is 0.0248. The number of rotatable bonds is 0. The molecule has 1 heterocycles. The molecule has 0 aromatic carbocycles. The second-order valence-corrected chi connectivity index (χ2v) is 1.22. The molecule has 1 aromatic rings. The molecule has 1 aromatic heterocycles. The zero-order valence-corrected chi connectivity index (χ0v) is 8.35. The van der Waals surface area contributed by atoms with Crippen molar-refractivity contribution < 1.29 is 37.1 Å². The first-order chi connectivity index (χ1) is 3.29. The van der Waals surface area contributed by atoms with Gasteiger partial charge in [0.1, 0.15) is 7.85 Å². The Hall–Kier alpha value is 0.379. The van der Waals surface area contributed by atoms with E-state index in [0.29, 0.717) is 11.5 Å². The van der Waals surface area contributed by atoms with Gasteiger partial charge in [-0.3, -0.25) is 0 Å². The normalized spacial score (nSPS) is 7.22. The molecule has 0 saturated heterocycles. The molecule has 0 saturated carbocycles. The van der Waals surface area contributed by atoms with E-state index in [0.717, 1.165) is 0 Å². The number of hydrogen-bond donors (Lipinski definition) is 0. The average molecular weight is 196 g/mol. The van der Waals surface area contributed by atoms with E-state index in [1.807, 2.05) is 0 Å². The Kier molecular flexibility index (Phi) is 6.97. The molecule has 2 nitrogen and oxygen atoms in total. The Bertz CT molecular complexity index is 149. The van der Waals surface area contributed by atoms with Crippen LogP contribution in [0.3, 0.4) is 0 Å². The van der Waals surface area contributed by atoms with Crippen LogP contribution in [-0.2, 0) is 32.7 Å². The van der Waals surface area contributed by atoms with E-state index in [-0.39, 0.29) is 40.1 Å². The number of hydrogen-bond acceptors (Lipinski definition) is 2. The van der Waals surface area contributed by atoms with Crippen molar-refractivity contribution in [2.24, 2.45) is 0 Å². The third kappa shape index (κ3) is 3.88. The first-order valence-corrected chi connectivity index (χ1v) is 1.89. The van der Waals surface area contributed by atoms with Crippen molar-refractivity contribution in [1.82, 2.24) is 4.98 Å². The Morgan fingerprint density at radius 2 is 2.22 bits per heavy atom. The van der Waals surface area contributed by atoms with Crippen LogP contribution in [0.15, 0.2) is 4.42 Å². The van der Waals surface area contributed by atoms with Gasteiger partial charge in [-0.2, -0.15) is 0 Å². The van der Waals surface area contributed by atoms with Crippen molar-refractivity contribution in [3.05, 3.63) is 19.6 Å². The molecule has 0 aliphatic rings. The molecule has 4 heteroatoms. The Balaban J connectivity index is 0. The molecule has 45 valence electrons. The van der Waals surface area contributed by atoms with Crippen molar-refractivity contribution in [2.75, 3.05) is 0 Å². The predicted molar refractivity (Wildman–Crippen MR) is 31.9 cm³/mol.